The number of fused-ring (bicyclic) bond motifs is 6. The standard InChI is InChI=1S/C53H35N3/c1-5-13-36(14-6-1)38-21-23-39(24-22-38)42-26-29-46-45-28-25-41(37-15-7-2-8-16-37)33-51(45)56(52(46)34-42)44-27-31-49-47(35-44)53-50(55(49)43-19-11-4-12-20-43)32-30-48(54-53)40-17-9-3-10-18-40/h1-35H. The fourth-order valence-electron chi connectivity index (χ4n) is 8.41. The Morgan fingerprint density at radius 3 is 1.30 bits per heavy atom. The van der Waals surface area contributed by atoms with Crippen LogP contribution in [0.1, 0.15) is 0 Å². The van der Waals surface area contributed by atoms with E-state index in [1.54, 1.807) is 0 Å². The first-order valence-corrected chi connectivity index (χ1v) is 19.1. The molecule has 0 saturated heterocycles. The Morgan fingerprint density at radius 1 is 0.268 bits per heavy atom. The summed E-state index contributed by atoms with van der Waals surface area (Å²) < 4.78 is 4.79. The molecule has 0 saturated carbocycles. The van der Waals surface area contributed by atoms with Crippen molar-refractivity contribution in [2.24, 2.45) is 0 Å². The number of benzene rings is 8. The van der Waals surface area contributed by atoms with E-state index in [-0.39, 0.29) is 0 Å². The number of para-hydroxylation sites is 1. The zero-order valence-corrected chi connectivity index (χ0v) is 30.5. The van der Waals surface area contributed by atoms with Gasteiger partial charge in [-0.1, -0.05) is 158 Å². The van der Waals surface area contributed by atoms with Crippen LogP contribution in [0.3, 0.4) is 0 Å². The van der Waals surface area contributed by atoms with Gasteiger partial charge in [0.2, 0.25) is 0 Å². The summed E-state index contributed by atoms with van der Waals surface area (Å²) in [4.78, 5) is 5.37. The second kappa shape index (κ2) is 13.1. The number of aromatic nitrogens is 3. The molecule has 0 amide bonds. The largest absolute Gasteiger partial charge is 0.309 e. The van der Waals surface area contributed by atoms with Crippen LogP contribution in [0.5, 0.6) is 0 Å². The predicted octanol–water partition coefficient (Wildman–Crippen LogP) is 13.9. The van der Waals surface area contributed by atoms with Gasteiger partial charge in [0, 0.05) is 33.1 Å². The van der Waals surface area contributed by atoms with Gasteiger partial charge in [0.05, 0.1) is 33.3 Å². The van der Waals surface area contributed by atoms with Gasteiger partial charge >= 0.3 is 0 Å². The highest BCUT2D eigenvalue weighted by Crippen LogP contribution is 2.40. The molecule has 3 nitrogen and oxygen atoms in total. The van der Waals surface area contributed by atoms with Gasteiger partial charge in [0.1, 0.15) is 0 Å². The van der Waals surface area contributed by atoms with Crippen LogP contribution in [0.2, 0.25) is 0 Å². The lowest BCUT2D eigenvalue weighted by atomic mass is 9.99. The van der Waals surface area contributed by atoms with Crippen molar-refractivity contribution in [3.05, 3.63) is 212 Å². The zero-order chi connectivity index (χ0) is 37.0. The van der Waals surface area contributed by atoms with Gasteiger partial charge in [0.25, 0.3) is 0 Å². The van der Waals surface area contributed by atoms with E-state index < -0.39 is 0 Å². The highest BCUT2D eigenvalue weighted by Gasteiger charge is 2.19. The molecular weight excluding hydrogens is 679 g/mol. The third-order valence-corrected chi connectivity index (χ3v) is 11.1. The van der Waals surface area contributed by atoms with Gasteiger partial charge < -0.3 is 9.13 Å². The van der Waals surface area contributed by atoms with Crippen LogP contribution in [0, 0.1) is 0 Å². The SMILES string of the molecule is c1ccc(-c2ccc(-c3ccc4c5ccc(-c6ccccc6)cc5n(-c5ccc6c(c5)c5nc(-c7ccccc7)ccc5n6-c5ccccc5)c4c3)cc2)cc1. The minimum absolute atomic E-state index is 0.961. The van der Waals surface area contributed by atoms with E-state index >= 15 is 0 Å². The van der Waals surface area contributed by atoms with Crippen molar-refractivity contribution in [2.75, 3.05) is 0 Å². The summed E-state index contributed by atoms with van der Waals surface area (Å²) >= 11 is 0. The van der Waals surface area contributed by atoms with Gasteiger partial charge in [-0.15, -0.1) is 0 Å². The van der Waals surface area contributed by atoms with Gasteiger partial charge in [-0.05, 0) is 88.0 Å². The van der Waals surface area contributed by atoms with Crippen LogP contribution in [-0.2, 0) is 0 Å². The average Bonchev–Trinajstić information content (AvgIpc) is 3.79. The van der Waals surface area contributed by atoms with Crippen molar-refractivity contribution >= 4 is 43.7 Å². The van der Waals surface area contributed by atoms with Crippen molar-refractivity contribution in [1.82, 2.24) is 14.1 Å². The first-order valence-electron chi connectivity index (χ1n) is 19.1. The smallest absolute Gasteiger partial charge is 0.0971 e. The van der Waals surface area contributed by atoms with E-state index in [1.807, 2.05) is 0 Å². The number of hydrogen-bond acceptors (Lipinski definition) is 1. The Hall–Kier alpha value is -7.49. The van der Waals surface area contributed by atoms with E-state index in [2.05, 4.69) is 221 Å². The molecule has 0 unspecified atom stereocenters. The lowest BCUT2D eigenvalue weighted by Gasteiger charge is -2.12. The van der Waals surface area contributed by atoms with Crippen LogP contribution in [0.15, 0.2) is 212 Å². The highest BCUT2D eigenvalue weighted by atomic mass is 15.0. The van der Waals surface area contributed by atoms with Crippen molar-refractivity contribution < 1.29 is 0 Å². The zero-order valence-electron chi connectivity index (χ0n) is 30.5. The Kier molecular flexibility index (Phi) is 7.49. The average molecular weight is 714 g/mol. The molecule has 3 heterocycles. The first-order chi connectivity index (χ1) is 27.8. The quantitative estimate of drug-likeness (QED) is 0.168. The van der Waals surface area contributed by atoms with Crippen molar-refractivity contribution in [2.45, 2.75) is 0 Å². The highest BCUT2D eigenvalue weighted by molar-refractivity contribution is 6.13. The Morgan fingerprint density at radius 2 is 0.714 bits per heavy atom. The molecule has 3 aromatic heterocycles. The molecule has 0 atom stereocenters. The van der Waals surface area contributed by atoms with Crippen molar-refractivity contribution in [1.29, 1.82) is 0 Å². The lowest BCUT2D eigenvalue weighted by Crippen LogP contribution is -1.96. The molecule has 0 N–H and O–H groups in total. The molecule has 56 heavy (non-hydrogen) atoms. The molecule has 0 radical (unpaired) electrons. The number of hydrogen-bond donors (Lipinski definition) is 0. The second-order valence-electron chi connectivity index (χ2n) is 14.4. The maximum absolute atomic E-state index is 5.37. The normalized spacial score (nSPS) is 11.6. The van der Waals surface area contributed by atoms with Crippen LogP contribution < -0.4 is 0 Å². The number of rotatable bonds is 6. The van der Waals surface area contributed by atoms with E-state index in [0.29, 0.717) is 0 Å². The topological polar surface area (TPSA) is 22.8 Å². The Balaban J connectivity index is 1.16. The molecule has 0 aliphatic heterocycles. The summed E-state index contributed by atoms with van der Waals surface area (Å²) in [5.74, 6) is 0. The van der Waals surface area contributed by atoms with E-state index in [4.69, 9.17) is 4.98 Å². The summed E-state index contributed by atoms with van der Waals surface area (Å²) in [5.41, 5.74) is 17.0. The van der Waals surface area contributed by atoms with E-state index in [0.717, 1.165) is 44.6 Å². The monoisotopic (exact) mass is 713 g/mol. The lowest BCUT2D eigenvalue weighted by molar-refractivity contribution is 1.16. The molecule has 0 spiro atoms. The number of pyridine rings is 1. The minimum atomic E-state index is 0.961. The Bertz CT molecular complexity index is 3200. The number of nitrogens with zero attached hydrogens (tertiary/aromatic N) is 3. The summed E-state index contributed by atoms with van der Waals surface area (Å²) in [7, 11) is 0. The van der Waals surface area contributed by atoms with Crippen molar-refractivity contribution in [3.63, 3.8) is 0 Å². The van der Waals surface area contributed by atoms with Crippen LogP contribution in [0.4, 0.5) is 0 Å². The molecule has 0 bridgehead atoms. The van der Waals surface area contributed by atoms with E-state index in [9.17, 15) is 0 Å². The van der Waals surface area contributed by atoms with Crippen LogP contribution in [0.25, 0.3) is 99.8 Å². The van der Waals surface area contributed by atoms with Gasteiger partial charge in [-0.3, -0.25) is 0 Å². The molecule has 11 aromatic rings. The summed E-state index contributed by atoms with van der Waals surface area (Å²) in [6.07, 6.45) is 0. The maximum Gasteiger partial charge on any atom is 0.0971 e. The van der Waals surface area contributed by atoms with Gasteiger partial charge in [-0.2, -0.15) is 0 Å². The predicted molar refractivity (Wildman–Crippen MR) is 235 cm³/mol. The molecule has 0 aliphatic rings. The molecule has 0 aliphatic carbocycles. The summed E-state index contributed by atoms with van der Waals surface area (Å²) in [6, 6.07) is 76.3. The molecule has 262 valence electrons. The molecule has 8 aromatic carbocycles. The summed E-state index contributed by atoms with van der Waals surface area (Å²) in [6.45, 7) is 0. The fourth-order valence-corrected chi connectivity index (χ4v) is 8.41. The van der Waals surface area contributed by atoms with Crippen LogP contribution in [-0.4, -0.2) is 14.1 Å². The Labute approximate surface area is 325 Å². The molecule has 11 rings (SSSR count). The van der Waals surface area contributed by atoms with Gasteiger partial charge in [0.15, 0.2) is 0 Å². The third kappa shape index (κ3) is 5.32. The first kappa shape index (κ1) is 32.0. The second-order valence-corrected chi connectivity index (χ2v) is 14.4. The van der Waals surface area contributed by atoms with E-state index in [1.165, 1.54) is 55.2 Å². The maximum atomic E-state index is 5.37. The molecule has 3 heteroatoms. The molecular formula is C53H35N3. The minimum Gasteiger partial charge on any atom is -0.309 e. The van der Waals surface area contributed by atoms with Crippen LogP contribution >= 0.6 is 0 Å². The third-order valence-electron chi connectivity index (χ3n) is 11.1. The molecule has 0 fully saturated rings. The van der Waals surface area contributed by atoms with Crippen molar-refractivity contribution in [3.8, 4) is 56.0 Å². The fraction of sp³-hybridized carbons (Fsp3) is 0. The summed E-state index contributed by atoms with van der Waals surface area (Å²) in [5, 5.41) is 3.56. The van der Waals surface area contributed by atoms with Gasteiger partial charge in [-0.25, -0.2) is 4.98 Å².